The zero-order chi connectivity index (χ0) is 14.4. The number of nitriles is 1. The second-order valence-corrected chi connectivity index (χ2v) is 5.43. The van der Waals surface area contributed by atoms with Crippen molar-refractivity contribution in [3.8, 4) is 6.07 Å². The quantitative estimate of drug-likeness (QED) is 0.891. The summed E-state index contributed by atoms with van der Waals surface area (Å²) in [6, 6.07) is 2.42. The summed E-state index contributed by atoms with van der Waals surface area (Å²) < 4.78 is 0. The first-order chi connectivity index (χ1) is 9.67. The highest BCUT2D eigenvalue weighted by Gasteiger charge is 2.31. The molecule has 2 N–H and O–H groups in total. The Balaban J connectivity index is 2.20. The van der Waals surface area contributed by atoms with Crippen molar-refractivity contribution in [1.29, 1.82) is 5.26 Å². The lowest BCUT2D eigenvalue weighted by atomic mass is 9.85. The monoisotopic (exact) mass is 294 g/mol. The molecule has 1 aromatic heterocycles. The molecule has 1 aliphatic carbocycles. The van der Waals surface area contributed by atoms with Gasteiger partial charge >= 0.3 is 0 Å². The molecule has 20 heavy (non-hydrogen) atoms. The summed E-state index contributed by atoms with van der Waals surface area (Å²) in [4.78, 5) is 12.2. The van der Waals surface area contributed by atoms with Crippen LogP contribution in [0.25, 0.3) is 0 Å². The minimum atomic E-state index is -0.601. The van der Waals surface area contributed by atoms with E-state index in [0.29, 0.717) is 11.9 Å². The molecule has 0 saturated heterocycles. The standard InChI is InChI=1S/C13H19ClN6/c1-16-11-17-10(14)18-12(19-11)20-13(9-15)7-5-3-2-4-6-8-13/h2-8H2,1H3,(H2,16,17,18,19,20). The van der Waals surface area contributed by atoms with Gasteiger partial charge in [0, 0.05) is 7.05 Å². The Kier molecular flexibility index (Phi) is 4.96. The SMILES string of the molecule is CNc1nc(Cl)nc(NC2(C#N)CCCCCCC2)n1. The molecule has 1 fully saturated rings. The van der Waals surface area contributed by atoms with Crippen LogP contribution in [0.1, 0.15) is 44.9 Å². The first kappa shape index (κ1) is 14.8. The Labute approximate surface area is 124 Å². The van der Waals surface area contributed by atoms with Crippen LogP contribution >= 0.6 is 11.6 Å². The van der Waals surface area contributed by atoms with E-state index in [1.54, 1.807) is 7.05 Å². The maximum Gasteiger partial charge on any atom is 0.230 e. The van der Waals surface area contributed by atoms with E-state index in [1.807, 2.05) is 0 Å². The van der Waals surface area contributed by atoms with Crippen LogP contribution in [0.15, 0.2) is 0 Å². The predicted octanol–water partition coefficient (Wildman–Crippen LogP) is 2.99. The van der Waals surface area contributed by atoms with Crippen molar-refractivity contribution in [3.63, 3.8) is 0 Å². The normalized spacial score (nSPS) is 18.4. The number of hydrogen-bond donors (Lipinski definition) is 2. The molecule has 7 heteroatoms. The summed E-state index contributed by atoms with van der Waals surface area (Å²) in [5, 5.41) is 15.7. The second kappa shape index (κ2) is 6.71. The fourth-order valence-electron chi connectivity index (χ4n) is 2.51. The molecule has 0 bridgehead atoms. The predicted molar refractivity (Wildman–Crippen MR) is 78.7 cm³/mol. The number of rotatable bonds is 3. The molecule has 0 atom stereocenters. The topological polar surface area (TPSA) is 86.5 Å². The van der Waals surface area contributed by atoms with Crippen molar-refractivity contribution >= 4 is 23.5 Å². The first-order valence-corrected chi connectivity index (χ1v) is 7.34. The van der Waals surface area contributed by atoms with Crippen molar-refractivity contribution < 1.29 is 0 Å². The van der Waals surface area contributed by atoms with E-state index in [1.165, 1.54) is 19.3 Å². The van der Waals surface area contributed by atoms with E-state index in [0.717, 1.165) is 25.7 Å². The van der Waals surface area contributed by atoms with Crippen LogP contribution in [0.4, 0.5) is 11.9 Å². The molecular formula is C13H19ClN6. The van der Waals surface area contributed by atoms with Crippen molar-refractivity contribution in [3.05, 3.63) is 5.28 Å². The number of hydrogen-bond acceptors (Lipinski definition) is 6. The number of nitrogens with one attached hydrogen (secondary N) is 2. The number of anilines is 2. The summed E-state index contributed by atoms with van der Waals surface area (Å²) >= 11 is 5.87. The largest absolute Gasteiger partial charge is 0.357 e. The van der Waals surface area contributed by atoms with Gasteiger partial charge < -0.3 is 10.6 Å². The second-order valence-electron chi connectivity index (χ2n) is 5.09. The molecule has 1 heterocycles. The number of halogens is 1. The van der Waals surface area contributed by atoms with E-state index in [9.17, 15) is 5.26 Å². The van der Waals surface area contributed by atoms with Crippen molar-refractivity contribution in [2.75, 3.05) is 17.7 Å². The van der Waals surface area contributed by atoms with Crippen LogP contribution in [0, 0.1) is 11.3 Å². The lowest BCUT2D eigenvalue weighted by molar-refractivity contribution is 0.408. The van der Waals surface area contributed by atoms with Gasteiger partial charge in [-0.05, 0) is 24.4 Å². The van der Waals surface area contributed by atoms with Gasteiger partial charge in [0.05, 0.1) is 6.07 Å². The summed E-state index contributed by atoms with van der Waals surface area (Å²) in [6.07, 6.45) is 7.29. The number of aromatic nitrogens is 3. The van der Waals surface area contributed by atoms with Gasteiger partial charge in [0.15, 0.2) is 0 Å². The summed E-state index contributed by atoms with van der Waals surface area (Å²) in [6.45, 7) is 0. The van der Waals surface area contributed by atoms with Crippen LogP contribution < -0.4 is 10.6 Å². The van der Waals surface area contributed by atoms with E-state index in [2.05, 4.69) is 31.7 Å². The summed E-state index contributed by atoms with van der Waals surface area (Å²) in [5.74, 6) is 0.753. The fourth-order valence-corrected chi connectivity index (χ4v) is 2.67. The maximum atomic E-state index is 9.58. The molecule has 1 aliphatic rings. The van der Waals surface area contributed by atoms with Crippen molar-refractivity contribution in [1.82, 2.24) is 15.0 Å². The van der Waals surface area contributed by atoms with Gasteiger partial charge in [-0.25, -0.2) is 0 Å². The van der Waals surface area contributed by atoms with Gasteiger partial charge in [-0.1, -0.05) is 32.1 Å². The molecule has 1 aromatic rings. The minimum absolute atomic E-state index is 0.116. The van der Waals surface area contributed by atoms with Crippen molar-refractivity contribution in [2.24, 2.45) is 0 Å². The Morgan fingerprint density at radius 3 is 2.25 bits per heavy atom. The molecule has 0 aromatic carbocycles. The summed E-state index contributed by atoms with van der Waals surface area (Å²) in [5.41, 5.74) is -0.601. The fraction of sp³-hybridized carbons (Fsp3) is 0.692. The Hall–Kier alpha value is -1.61. The third kappa shape index (κ3) is 3.70. The first-order valence-electron chi connectivity index (χ1n) is 6.96. The van der Waals surface area contributed by atoms with Crippen LogP contribution in [0.3, 0.4) is 0 Å². The average molecular weight is 295 g/mol. The molecule has 2 rings (SSSR count). The Morgan fingerprint density at radius 2 is 1.65 bits per heavy atom. The van der Waals surface area contributed by atoms with E-state index in [4.69, 9.17) is 11.6 Å². The highest BCUT2D eigenvalue weighted by molar-refractivity contribution is 6.28. The van der Waals surface area contributed by atoms with Gasteiger partial charge in [-0.3, -0.25) is 0 Å². The van der Waals surface area contributed by atoms with Gasteiger partial charge in [0.25, 0.3) is 0 Å². The van der Waals surface area contributed by atoms with Crippen LogP contribution in [-0.2, 0) is 0 Å². The average Bonchev–Trinajstić information content (AvgIpc) is 2.41. The van der Waals surface area contributed by atoms with Crippen LogP contribution in [0.2, 0.25) is 5.28 Å². The highest BCUT2D eigenvalue weighted by Crippen LogP contribution is 2.29. The summed E-state index contributed by atoms with van der Waals surface area (Å²) in [7, 11) is 1.71. The Bertz CT molecular complexity index is 490. The highest BCUT2D eigenvalue weighted by atomic mass is 35.5. The minimum Gasteiger partial charge on any atom is -0.357 e. The molecule has 0 unspecified atom stereocenters. The Morgan fingerprint density at radius 1 is 1.05 bits per heavy atom. The third-order valence-corrected chi connectivity index (χ3v) is 3.77. The molecule has 0 spiro atoms. The van der Waals surface area contributed by atoms with Crippen molar-refractivity contribution in [2.45, 2.75) is 50.5 Å². The zero-order valence-electron chi connectivity index (χ0n) is 11.6. The lowest BCUT2D eigenvalue weighted by Gasteiger charge is -2.29. The van der Waals surface area contributed by atoms with E-state index in [-0.39, 0.29) is 5.28 Å². The molecule has 0 radical (unpaired) electrons. The molecule has 6 nitrogen and oxygen atoms in total. The van der Waals surface area contributed by atoms with Gasteiger partial charge in [0.1, 0.15) is 5.54 Å². The molecule has 108 valence electrons. The maximum absolute atomic E-state index is 9.58. The third-order valence-electron chi connectivity index (χ3n) is 3.60. The smallest absolute Gasteiger partial charge is 0.230 e. The van der Waals surface area contributed by atoms with Crippen LogP contribution in [-0.4, -0.2) is 27.5 Å². The van der Waals surface area contributed by atoms with Crippen LogP contribution in [0.5, 0.6) is 0 Å². The molecule has 1 saturated carbocycles. The molecular weight excluding hydrogens is 276 g/mol. The molecule has 0 amide bonds. The van der Waals surface area contributed by atoms with E-state index < -0.39 is 5.54 Å². The number of nitrogens with zero attached hydrogens (tertiary/aromatic N) is 4. The van der Waals surface area contributed by atoms with E-state index >= 15 is 0 Å². The zero-order valence-corrected chi connectivity index (χ0v) is 12.4. The van der Waals surface area contributed by atoms with Gasteiger partial charge in [0.2, 0.25) is 17.2 Å². The lowest BCUT2D eigenvalue weighted by Crippen LogP contribution is -2.38. The van der Waals surface area contributed by atoms with Gasteiger partial charge in [-0.2, -0.15) is 20.2 Å². The van der Waals surface area contributed by atoms with Gasteiger partial charge in [-0.15, -0.1) is 0 Å². The molecule has 0 aliphatic heterocycles.